The maximum absolute atomic E-state index is 16.7. The van der Waals surface area contributed by atoms with Crippen LogP contribution in [0.1, 0.15) is 116 Å². The van der Waals surface area contributed by atoms with Crippen molar-refractivity contribution >= 4 is 42.1 Å². The van der Waals surface area contributed by atoms with Crippen molar-refractivity contribution in [3.63, 3.8) is 0 Å². The van der Waals surface area contributed by atoms with Gasteiger partial charge in [0.15, 0.2) is 17.5 Å². The van der Waals surface area contributed by atoms with Crippen molar-refractivity contribution in [3.05, 3.63) is 155 Å². The molecule has 20 heteroatoms. The summed E-state index contributed by atoms with van der Waals surface area (Å²) in [5, 5.41) is 17.2. The third kappa shape index (κ3) is 14.0. The van der Waals surface area contributed by atoms with Crippen LogP contribution in [0, 0.1) is 28.6 Å². The van der Waals surface area contributed by atoms with E-state index < -0.39 is 144 Å². The molecule has 3 aliphatic carbocycles. The maximum Gasteiger partial charge on any atom is 0.514 e. The number of hydrogen-bond donors (Lipinski definition) is 2. The summed E-state index contributed by atoms with van der Waals surface area (Å²) in [5.41, 5.74) is -7.68. The fourth-order valence-electron chi connectivity index (χ4n) is 12.4. The van der Waals surface area contributed by atoms with Gasteiger partial charge in [0.05, 0.1) is 36.2 Å². The van der Waals surface area contributed by atoms with Gasteiger partial charge in [-0.1, -0.05) is 144 Å². The van der Waals surface area contributed by atoms with Crippen molar-refractivity contribution in [2.75, 3.05) is 13.4 Å². The molecule has 4 aromatic carbocycles. The Morgan fingerprint density at radius 2 is 1.31 bits per heavy atom. The first-order valence-corrected chi connectivity index (χ1v) is 28.6. The van der Waals surface area contributed by atoms with E-state index in [-0.39, 0.29) is 49.7 Å². The van der Waals surface area contributed by atoms with Crippen LogP contribution in [0.2, 0.25) is 0 Å². The van der Waals surface area contributed by atoms with E-state index in [0.717, 1.165) is 12.5 Å². The van der Waals surface area contributed by atoms with Gasteiger partial charge in [0.25, 0.3) is 0 Å². The van der Waals surface area contributed by atoms with E-state index in [1.807, 2.05) is 44.2 Å². The van der Waals surface area contributed by atoms with Crippen molar-refractivity contribution in [1.82, 2.24) is 5.32 Å². The molecule has 2 saturated carbocycles. The molecule has 1 saturated heterocycles. The first kappa shape index (κ1) is 63.4. The van der Waals surface area contributed by atoms with Gasteiger partial charge < -0.3 is 62.5 Å². The number of nitrogens with one attached hydrogen (secondary N) is 1. The van der Waals surface area contributed by atoms with Crippen LogP contribution >= 0.6 is 0 Å². The second-order valence-corrected chi connectivity index (χ2v) is 24.3. The van der Waals surface area contributed by atoms with Crippen molar-refractivity contribution in [1.29, 1.82) is 0 Å². The van der Waals surface area contributed by atoms with Crippen molar-refractivity contribution in [2.24, 2.45) is 28.6 Å². The molecule has 0 radical (unpaired) electrons. The van der Waals surface area contributed by atoms with Crippen LogP contribution in [0.4, 0.5) is 14.4 Å². The molecule has 0 aromatic heterocycles. The Kier molecular flexibility index (Phi) is 19.6. The van der Waals surface area contributed by atoms with Crippen LogP contribution in [0.25, 0.3) is 0 Å². The number of esters is 3. The standard InChI is InChI=1S/C65H77NO19/c1-39(2)31-46(66-58(71)85-61(5,6)7)51(79-38-75-34-42-23-15-11-16-24-42)57(70)80-47-33-65(74)55(83-56(69)45-29-21-14-22-30-45)53-63(10,54(68)52(50(40(47)3)62(65,8)9)82-60(73)77-36-44-27-19-13-20-28-44)48(32-49-64(53,37-78-49)84-41(4)67)81-59(72)76-35-43-25-17-12-18-26-43/h11-30,39-40,46-49,51,53,55,74H,31-38H2,1-10H3,(H,66,71)/t40?,46-,47-,48-,49+,51+,53-,55-,63+,64-,65+/m0/s1. The van der Waals surface area contributed by atoms with E-state index in [9.17, 15) is 29.1 Å². The first-order chi connectivity index (χ1) is 40.3. The molecule has 20 nitrogen and oxygen atoms in total. The topological polar surface area (TPSA) is 253 Å². The minimum absolute atomic E-state index is 0.0197. The lowest BCUT2D eigenvalue weighted by molar-refractivity contribution is -0.345. The Hall–Kier alpha value is -7.65. The van der Waals surface area contributed by atoms with Crippen LogP contribution in [-0.2, 0) is 86.3 Å². The molecule has 8 rings (SSSR count). The number of alkyl carbamates (subject to hydrolysis) is 1. The normalized spacial score (nSPS) is 26.5. The summed E-state index contributed by atoms with van der Waals surface area (Å²) >= 11 is 0. The summed E-state index contributed by atoms with van der Waals surface area (Å²) in [5.74, 6) is -7.69. The van der Waals surface area contributed by atoms with Gasteiger partial charge in [-0.15, -0.1) is 0 Å². The van der Waals surface area contributed by atoms with Crippen LogP contribution < -0.4 is 5.32 Å². The Labute approximate surface area is 495 Å². The molecule has 0 spiro atoms. The molecule has 1 aliphatic heterocycles. The Bertz CT molecular complexity index is 3060. The molecule has 1 heterocycles. The van der Waals surface area contributed by atoms with Crippen LogP contribution in [0.15, 0.2) is 133 Å². The van der Waals surface area contributed by atoms with E-state index in [1.165, 1.54) is 19.1 Å². The van der Waals surface area contributed by atoms with Crippen molar-refractivity contribution in [2.45, 2.75) is 162 Å². The summed E-state index contributed by atoms with van der Waals surface area (Å²) in [6.45, 7) is 14.7. The molecule has 4 aliphatic rings. The fourth-order valence-corrected chi connectivity index (χ4v) is 12.4. The Morgan fingerprint density at radius 1 is 0.753 bits per heavy atom. The molecule has 3 fully saturated rings. The number of ketones is 1. The first-order valence-electron chi connectivity index (χ1n) is 28.6. The average Bonchev–Trinajstić information content (AvgIpc) is 0.705. The average molecular weight is 1180 g/mol. The molecular weight excluding hydrogens is 1100 g/mol. The van der Waals surface area contributed by atoms with Crippen LogP contribution in [0.3, 0.4) is 0 Å². The lowest BCUT2D eigenvalue weighted by Crippen LogP contribution is -2.81. The monoisotopic (exact) mass is 1180 g/mol. The summed E-state index contributed by atoms with van der Waals surface area (Å²) in [4.78, 5) is 103. The lowest BCUT2D eigenvalue weighted by Gasteiger charge is -2.67. The van der Waals surface area contributed by atoms with E-state index in [0.29, 0.717) is 11.1 Å². The molecule has 2 N–H and O–H groups in total. The molecule has 85 heavy (non-hydrogen) atoms. The number of amides is 1. The molecule has 2 bridgehead atoms. The SMILES string of the molecule is CC(=O)O[C@@]12CO[C@@H]1C[C@H](OC(=O)OCc1ccccc1)[C@@]1(C)C(=O)C(OC(=O)OCc3ccccc3)=C3C(C)[C@@H](OC(=O)[C@H](OCOCc4ccccc4)[C@H](CC(C)C)NC(=O)OC(C)(C)C)C[C@@](O)([C@@H](OC(=O)c4ccccc4)[C@H]21)C3(C)C. The quantitative estimate of drug-likeness (QED) is 0.0361. The van der Waals surface area contributed by atoms with Crippen molar-refractivity contribution in [3.8, 4) is 0 Å². The second kappa shape index (κ2) is 26.3. The number of aliphatic hydroxyl groups is 1. The highest BCUT2D eigenvalue weighted by atomic mass is 16.7. The predicted molar refractivity (Wildman–Crippen MR) is 303 cm³/mol. The predicted octanol–water partition coefficient (Wildman–Crippen LogP) is 10.1. The highest BCUT2D eigenvalue weighted by molar-refractivity contribution is 6.02. The van der Waals surface area contributed by atoms with E-state index in [1.54, 1.807) is 120 Å². The molecule has 1 unspecified atom stereocenters. The van der Waals surface area contributed by atoms with Gasteiger partial charge in [-0.05, 0) is 74.4 Å². The molecule has 1 amide bonds. The van der Waals surface area contributed by atoms with Gasteiger partial charge in [-0.3, -0.25) is 9.59 Å². The second-order valence-electron chi connectivity index (χ2n) is 24.3. The van der Waals surface area contributed by atoms with Crippen LogP contribution in [-0.4, -0.2) is 114 Å². The van der Waals surface area contributed by atoms with E-state index in [2.05, 4.69) is 5.32 Å². The number of carbonyl (C=O) groups is 7. The smallest absolute Gasteiger partial charge is 0.460 e. The molecule has 4 aromatic rings. The fraction of sp³-hybridized carbons (Fsp3) is 0.492. The minimum atomic E-state index is -2.55. The number of ether oxygens (including phenoxy) is 11. The van der Waals surface area contributed by atoms with Gasteiger partial charge in [0.1, 0.15) is 55.6 Å². The Morgan fingerprint density at radius 3 is 1.84 bits per heavy atom. The Balaban J connectivity index is 1.31. The molecule has 11 atom stereocenters. The number of benzene rings is 4. The van der Waals surface area contributed by atoms with E-state index >= 15 is 9.59 Å². The number of carbonyl (C=O) groups excluding carboxylic acids is 7. The maximum atomic E-state index is 16.7. The van der Waals surface area contributed by atoms with E-state index in [4.69, 9.17) is 52.1 Å². The number of fused-ring (bicyclic) bond motifs is 5. The highest BCUT2D eigenvalue weighted by Gasteiger charge is 2.79. The summed E-state index contributed by atoms with van der Waals surface area (Å²) in [7, 11) is 0. The zero-order chi connectivity index (χ0) is 61.5. The largest absolute Gasteiger partial charge is 0.514 e. The van der Waals surface area contributed by atoms with Gasteiger partial charge in [0.2, 0.25) is 5.78 Å². The minimum Gasteiger partial charge on any atom is -0.460 e. The third-order valence-corrected chi connectivity index (χ3v) is 16.5. The van der Waals surface area contributed by atoms with Gasteiger partial charge in [-0.2, -0.15) is 0 Å². The molecule has 456 valence electrons. The number of allylic oxidation sites excluding steroid dienone is 1. The van der Waals surface area contributed by atoms with Crippen molar-refractivity contribution < 1.29 is 90.8 Å². The zero-order valence-corrected chi connectivity index (χ0v) is 49.7. The van der Waals surface area contributed by atoms with Gasteiger partial charge in [-0.25, -0.2) is 24.0 Å². The summed E-state index contributed by atoms with van der Waals surface area (Å²) in [6, 6.07) is 33.3. The number of Topliss-reactive ketones (excluding diaryl/α,β-unsaturated/α-hetero) is 1. The van der Waals surface area contributed by atoms with Gasteiger partial charge >= 0.3 is 36.3 Å². The molecular formula is C65H77NO19. The number of rotatable bonds is 20. The lowest BCUT2D eigenvalue weighted by atomic mass is 9.45. The highest BCUT2D eigenvalue weighted by Crippen LogP contribution is 2.65. The van der Waals surface area contributed by atoms with Crippen LogP contribution in [0.5, 0.6) is 0 Å². The zero-order valence-electron chi connectivity index (χ0n) is 49.7. The summed E-state index contributed by atoms with van der Waals surface area (Å²) < 4.78 is 67.3. The third-order valence-electron chi connectivity index (χ3n) is 16.5. The van der Waals surface area contributed by atoms with Gasteiger partial charge in [0, 0.05) is 31.1 Å². The summed E-state index contributed by atoms with van der Waals surface area (Å²) in [6.07, 6.45) is -12.1. The number of hydrogen-bond acceptors (Lipinski definition) is 19.